The first kappa shape index (κ1) is 16.7. The minimum absolute atomic E-state index is 0.110. The zero-order valence-corrected chi connectivity index (χ0v) is 15.0. The number of benzene rings is 1. The van der Waals surface area contributed by atoms with Gasteiger partial charge in [-0.1, -0.05) is 24.3 Å². The van der Waals surface area contributed by atoms with Gasteiger partial charge in [0, 0.05) is 38.2 Å². The summed E-state index contributed by atoms with van der Waals surface area (Å²) in [6, 6.07) is 7.86. The van der Waals surface area contributed by atoms with E-state index in [4.69, 9.17) is 0 Å². The first-order chi connectivity index (χ1) is 12.1. The van der Waals surface area contributed by atoms with Crippen molar-refractivity contribution < 1.29 is 9.59 Å². The Labute approximate surface area is 149 Å². The van der Waals surface area contributed by atoms with Gasteiger partial charge in [0.05, 0.1) is 12.0 Å². The lowest BCUT2D eigenvalue weighted by atomic mass is 9.98. The highest BCUT2D eigenvalue weighted by molar-refractivity contribution is 6.06. The van der Waals surface area contributed by atoms with E-state index in [1.54, 1.807) is 0 Å². The van der Waals surface area contributed by atoms with E-state index in [2.05, 4.69) is 21.7 Å². The molecule has 1 aliphatic carbocycles. The maximum atomic E-state index is 13.3. The summed E-state index contributed by atoms with van der Waals surface area (Å²) < 4.78 is 0. The van der Waals surface area contributed by atoms with Crippen molar-refractivity contribution in [2.75, 3.05) is 46.3 Å². The molecule has 2 atom stereocenters. The number of piperazine rings is 1. The number of likely N-dealkylation sites (tertiary alicyclic amines) is 1. The Morgan fingerprint density at radius 1 is 1.12 bits per heavy atom. The number of likely N-dealkylation sites (N-methyl/N-ethyl adjacent to an activating group) is 1. The van der Waals surface area contributed by atoms with E-state index in [0.29, 0.717) is 6.42 Å². The Bertz CT molecular complexity index is 669. The van der Waals surface area contributed by atoms with Crippen molar-refractivity contribution in [1.29, 1.82) is 0 Å². The number of ketones is 1. The maximum absolute atomic E-state index is 13.3. The molecule has 134 valence electrons. The van der Waals surface area contributed by atoms with Crippen molar-refractivity contribution in [1.82, 2.24) is 14.7 Å². The number of rotatable bonds is 3. The van der Waals surface area contributed by atoms with E-state index in [9.17, 15) is 9.59 Å². The molecule has 1 aromatic rings. The number of carbonyl (C=O) groups excluding carboxylic acids is 2. The quantitative estimate of drug-likeness (QED) is 0.838. The highest BCUT2D eigenvalue weighted by atomic mass is 16.2. The Morgan fingerprint density at radius 2 is 1.88 bits per heavy atom. The highest BCUT2D eigenvalue weighted by Gasteiger charge is 2.40. The summed E-state index contributed by atoms with van der Waals surface area (Å²) in [4.78, 5) is 32.5. The van der Waals surface area contributed by atoms with Crippen LogP contribution < -0.4 is 0 Å². The molecule has 0 aromatic heterocycles. The van der Waals surface area contributed by atoms with Gasteiger partial charge in [-0.05, 0) is 38.5 Å². The molecule has 2 unspecified atom stereocenters. The van der Waals surface area contributed by atoms with Gasteiger partial charge in [0.2, 0.25) is 5.91 Å². The molecule has 2 fully saturated rings. The fourth-order valence-electron chi connectivity index (χ4n) is 4.60. The maximum Gasteiger partial charge on any atom is 0.230 e. The van der Waals surface area contributed by atoms with E-state index < -0.39 is 0 Å². The molecular weight excluding hydrogens is 314 g/mol. The number of Topliss-reactive ketones (excluding diaryl/α,β-unsaturated/α-hetero) is 1. The van der Waals surface area contributed by atoms with Gasteiger partial charge in [0.15, 0.2) is 5.78 Å². The monoisotopic (exact) mass is 341 g/mol. The third-order valence-electron chi connectivity index (χ3n) is 5.96. The number of carbonyl (C=O) groups is 2. The number of hydrogen-bond donors (Lipinski definition) is 0. The van der Waals surface area contributed by atoms with E-state index >= 15 is 0 Å². The molecule has 5 heteroatoms. The van der Waals surface area contributed by atoms with Crippen LogP contribution >= 0.6 is 0 Å². The summed E-state index contributed by atoms with van der Waals surface area (Å²) in [6.45, 7) is 5.84. The summed E-state index contributed by atoms with van der Waals surface area (Å²) in [6.07, 6.45) is 2.86. The molecular formula is C20H27N3O2. The lowest BCUT2D eigenvalue weighted by Gasteiger charge is -2.42. The highest BCUT2D eigenvalue weighted by Crippen LogP contribution is 2.35. The van der Waals surface area contributed by atoms with Crippen LogP contribution in [0.3, 0.4) is 0 Å². The van der Waals surface area contributed by atoms with Crippen LogP contribution in [0, 0.1) is 0 Å². The Balaban J connectivity index is 1.54. The molecule has 0 bridgehead atoms. The van der Waals surface area contributed by atoms with Crippen molar-refractivity contribution >= 4 is 11.7 Å². The minimum atomic E-state index is -0.284. The van der Waals surface area contributed by atoms with Crippen LogP contribution in [0.2, 0.25) is 0 Å². The molecule has 1 amide bonds. The summed E-state index contributed by atoms with van der Waals surface area (Å²) in [7, 11) is 2.13. The molecule has 2 saturated heterocycles. The van der Waals surface area contributed by atoms with Crippen LogP contribution in [-0.4, -0.2) is 78.7 Å². The first-order valence-corrected chi connectivity index (χ1v) is 9.47. The van der Waals surface area contributed by atoms with Crippen molar-refractivity contribution in [2.24, 2.45) is 0 Å². The largest absolute Gasteiger partial charge is 0.335 e. The van der Waals surface area contributed by atoms with E-state index in [-0.39, 0.29) is 23.7 Å². The fraction of sp³-hybridized carbons (Fsp3) is 0.600. The van der Waals surface area contributed by atoms with E-state index in [1.807, 2.05) is 24.3 Å². The second-order valence-corrected chi connectivity index (χ2v) is 7.72. The lowest BCUT2D eigenvalue weighted by Crippen LogP contribution is -2.58. The van der Waals surface area contributed by atoms with Crippen LogP contribution in [0.5, 0.6) is 0 Å². The first-order valence-electron chi connectivity index (χ1n) is 9.47. The minimum Gasteiger partial charge on any atom is -0.335 e. The molecule has 0 radical (unpaired) electrons. The van der Waals surface area contributed by atoms with Gasteiger partial charge in [-0.15, -0.1) is 0 Å². The number of fused-ring (bicyclic) bond motifs is 1. The predicted octanol–water partition coefficient (Wildman–Crippen LogP) is 1.59. The Morgan fingerprint density at radius 3 is 2.68 bits per heavy atom. The molecule has 4 rings (SSSR count). The number of hydrogen-bond acceptors (Lipinski definition) is 4. The van der Waals surface area contributed by atoms with Crippen LogP contribution in [0.15, 0.2) is 24.3 Å². The zero-order valence-electron chi connectivity index (χ0n) is 15.0. The average Bonchev–Trinajstić information content (AvgIpc) is 3.23. The van der Waals surface area contributed by atoms with Crippen molar-refractivity contribution in [2.45, 2.75) is 31.2 Å². The fourth-order valence-corrected chi connectivity index (χ4v) is 4.60. The summed E-state index contributed by atoms with van der Waals surface area (Å²) >= 11 is 0. The third-order valence-corrected chi connectivity index (χ3v) is 5.96. The van der Waals surface area contributed by atoms with Crippen molar-refractivity contribution in [3.8, 4) is 0 Å². The molecule has 5 nitrogen and oxygen atoms in total. The zero-order chi connectivity index (χ0) is 17.4. The van der Waals surface area contributed by atoms with Gasteiger partial charge >= 0.3 is 0 Å². The van der Waals surface area contributed by atoms with Crippen LogP contribution in [0.1, 0.15) is 41.1 Å². The molecule has 25 heavy (non-hydrogen) atoms. The normalized spacial score (nSPS) is 27.7. The molecule has 1 aromatic carbocycles. The smallest absolute Gasteiger partial charge is 0.230 e. The standard InChI is InChI=1S/C20H27N3O2/c1-21-10-11-23(15(13-21)14-22-8-4-5-9-22)20(25)18-12-19(24)17-7-3-2-6-16(17)18/h2-3,6-7,15,18H,4-5,8-14H2,1H3. The molecule has 2 heterocycles. The van der Waals surface area contributed by atoms with E-state index in [0.717, 1.165) is 50.4 Å². The second-order valence-electron chi connectivity index (χ2n) is 7.72. The van der Waals surface area contributed by atoms with Gasteiger partial charge in [0.1, 0.15) is 0 Å². The van der Waals surface area contributed by atoms with Gasteiger partial charge in [-0.3, -0.25) is 9.59 Å². The average molecular weight is 341 g/mol. The molecule has 0 spiro atoms. The third kappa shape index (κ3) is 3.23. The SMILES string of the molecule is CN1CCN(C(=O)C2CC(=O)c3ccccc32)C(CN2CCCC2)C1. The van der Waals surface area contributed by atoms with Crippen LogP contribution in [-0.2, 0) is 4.79 Å². The van der Waals surface area contributed by atoms with Gasteiger partial charge in [-0.2, -0.15) is 0 Å². The van der Waals surface area contributed by atoms with E-state index in [1.165, 1.54) is 12.8 Å². The number of nitrogens with zero attached hydrogens (tertiary/aromatic N) is 3. The summed E-state index contributed by atoms with van der Waals surface area (Å²) in [5.41, 5.74) is 1.67. The number of amides is 1. The summed E-state index contributed by atoms with van der Waals surface area (Å²) in [5, 5.41) is 0. The van der Waals surface area contributed by atoms with Gasteiger partial charge in [-0.25, -0.2) is 0 Å². The molecule has 0 saturated carbocycles. The van der Waals surface area contributed by atoms with Crippen LogP contribution in [0.25, 0.3) is 0 Å². The molecule has 3 aliphatic rings. The summed E-state index contributed by atoms with van der Waals surface area (Å²) in [5.74, 6) is -0.0250. The van der Waals surface area contributed by atoms with Gasteiger partial charge < -0.3 is 14.7 Å². The molecule has 0 N–H and O–H groups in total. The van der Waals surface area contributed by atoms with Gasteiger partial charge in [0.25, 0.3) is 0 Å². The van der Waals surface area contributed by atoms with Crippen molar-refractivity contribution in [3.05, 3.63) is 35.4 Å². The van der Waals surface area contributed by atoms with Crippen molar-refractivity contribution in [3.63, 3.8) is 0 Å². The topological polar surface area (TPSA) is 43.9 Å². The Kier molecular flexibility index (Phi) is 4.61. The second kappa shape index (κ2) is 6.89. The molecule has 2 aliphatic heterocycles. The lowest BCUT2D eigenvalue weighted by molar-refractivity contribution is -0.138. The Hall–Kier alpha value is -1.72. The van der Waals surface area contributed by atoms with Crippen LogP contribution in [0.4, 0.5) is 0 Å². The predicted molar refractivity (Wildman–Crippen MR) is 96.8 cm³/mol.